The van der Waals surface area contributed by atoms with E-state index in [9.17, 15) is 14.4 Å². The molecule has 0 saturated heterocycles. The van der Waals surface area contributed by atoms with Crippen LogP contribution in [-0.2, 0) is 14.3 Å². The largest absolute Gasteiger partial charge is 0.497 e. The zero-order valence-electron chi connectivity index (χ0n) is 16.7. The monoisotopic (exact) mass is 403 g/mol. The van der Waals surface area contributed by atoms with Crippen LogP contribution in [0, 0.1) is 0 Å². The maximum absolute atomic E-state index is 12.0. The van der Waals surface area contributed by atoms with Gasteiger partial charge in [-0.1, -0.05) is 30.3 Å². The van der Waals surface area contributed by atoms with E-state index in [0.717, 1.165) is 22.1 Å². The van der Waals surface area contributed by atoms with E-state index in [1.165, 1.54) is 13.0 Å². The van der Waals surface area contributed by atoms with Crippen LogP contribution in [0.1, 0.15) is 22.8 Å². The number of ether oxygens (including phenoxy) is 2. The lowest BCUT2D eigenvalue weighted by Crippen LogP contribution is -2.20. The predicted molar refractivity (Wildman–Crippen MR) is 116 cm³/mol. The second-order valence-corrected chi connectivity index (χ2v) is 6.60. The first kappa shape index (κ1) is 20.8. The van der Waals surface area contributed by atoms with Crippen molar-refractivity contribution in [2.45, 2.75) is 6.92 Å². The maximum Gasteiger partial charge on any atom is 0.331 e. The molecule has 0 aromatic heterocycles. The van der Waals surface area contributed by atoms with Gasteiger partial charge in [-0.3, -0.25) is 9.59 Å². The van der Waals surface area contributed by atoms with Crippen molar-refractivity contribution >= 4 is 40.2 Å². The highest BCUT2D eigenvalue weighted by atomic mass is 16.5. The molecule has 0 fully saturated rings. The molecule has 0 heterocycles. The van der Waals surface area contributed by atoms with Gasteiger partial charge in [0.05, 0.1) is 7.11 Å². The van der Waals surface area contributed by atoms with Crippen LogP contribution in [0.15, 0.2) is 66.7 Å². The molecule has 152 valence electrons. The van der Waals surface area contributed by atoms with Gasteiger partial charge in [-0.2, -0.15) is 0 Å². The molecule has 0 saturated carbocycles. The maximum atomic E-state index is 12.0. The number of hydrogen-bond donors (Lipinski definition) is 1. The fraction of sp³-hybridized carbons (Fsp3) is 0.125. The van der Waals surface area contributed by atoms with Gasteiger partial charge < -0.3 is 14.8 Å². The van der Waals surface area contributed by atoms with E-state index in [2.05, 4.69) is 5.32 Å². The Morgan fingerprint density at radius 3 is 2.50 bits per heavy atom. The molecule has 0 spiro atoms. The minimum Gasteiger partial charge on any atom is -0.497 e. The highest BCUT2D eigenvalue weighted by molar-refractivity contribution is 5.98. The van der Waals surface area contributed by atoms with Crippen molar-refractivity contribution < 1.29 is 23.9 Å². The lowest BCUT2D eigenvalue weighted by molar-refractivity contribution is -0.142. The van der Waals surface area contributed by atoms with Crippen molar-refractivity contribution in [3.8, 4) is 5.75 Å². The van der Waals surface area contributed by atoms with Crippen LogP contribution in [0.25, 0.3) is 16.8 Å². The summed E-state index contributed by atoms with van der Waals surface area (Å²) in [5.74, 6) is -0.439. The number of amides is 1. The lowest BCUT2D eigenvalue weighted by Gasteiger charge is -2.06. The summed E-state index contributed by atoms with van der Waals surface area (Å²) in [6.07, 6.45) is 2.90. The Bertz CT molecular complexity index is 1130. The summed E-state index contributed by atoms with van der Waals surface area (Å²) in [4.78, 5) is 35.3. The third-order valence-electron chi connectivity index (χ3n) is 4.38. The quantitative estimate of drug-likeness (QED) is 0.362. The van der Waals surface area contributed by atoms with E-state index >= 15 is 0 Å². The number of rotatable bonds is 7. The Morgan fingerprint density at radius 1 is 0.967 bits per heavy atom. The normalized spacial score (nSPS) is 10.7. The molecule has 3 rings (SSSR count). The van der Waals surface area contributed by atoms with Gasteiger partial charge in [0, 0.05) is 17.3 Å². The zero-order chi connectivity index (χ0) is 21.5. The number of ketones is 1. The first-order valence-electron chi connectivity index (χ1n) is 9.28. The van der Waals surface area contributed by atoms with Gasteiger partial charge in [0.2, 0.25) is 0 Å². The van der Waals surface area contributed by atoms with Gasteiger partial charge in [-0.15, -0.1) is 0 Å². The molecule has 30 heavy (non-hydrogen) atoms. The van der Waals surface area contributed by atoms with Crippen molar-refractivity contribution in [2.24, 2.45) is 0 Å². The van der Waals surface area contributed by atoms with E-state index in [0.29, 0.717) is 11.3 Å². The molecule has 6 nitrogen and oxygen atoms in total. The Labute approximate surface area is 174 Å². The number of benzene rings is 3. The molecule has 0 aliphatic carbocycles. The number of anilines is 1. The summed E-state index contributed by atoms with van der Waals surface area (Å²) >= 11 is 0. The van der Waals surface area contributed by atoms with Crippen molar-refractivity contribution in [3.05, 3.63) is 77.9 Å². The molecular formula is C24H21NO5. The number of Topliss-reactive ketones (excluding diaryl/α,β-unsaturated/α-hetero) is 1. The zero-order valence-corrected chi connectivity index (χ0v) is 16.7. The van der Waals surface area contributed by atoms with E-state index < -0.39 is 18.5 Å². The summed E-state index contributed by atoms with van der Waals surface area (Å²) in [6, 6.07) is 18.0. The van der Waals surface area contributed by atoms with E-state index in [1.807, 2.05) is 36.4 Å². The smallest absolute Gasteiger partial charge is 0.331 e. The number of carbonyl (C=O) groups excluding carboxylic acids is 3. The minimum absolute atomic E-state index is 0.101. The number of hydrogen-bond acceptors (Lipinski definition) is 5. The lowest BCUT2D eigenvalue weighted by atomic mass is 10.1. The molecular weight excluding hydrogens is 382 g/mol. The third kappa shape index (κ3) is 5.54. The van der Waals surface area contributed by atoms with Gasteiger partial charge >= 0.3 is 5.97 Å². The third-order valence-corrected chi connectivity index (χ3v) is 4.38. The molecule has 0 bridgehead atoms. The first-order chi connectivity index (χ1) is 14.4. The summed E-state index contributed by atoms with van der Waals surface area (Å²) in [7, 11) is 1.62. The van der Waals surface area contributed by atoms with Crippen LogP contribution in [-0.4, -0.2) is 31.4 Å². The average Bonchev–Trinajstić information content (AvgIpc) is 2.75. The molecule has 3 aromatic rings. The highest BCUT2D eigenvalue weighted by Crippen LogP contribution is 2.22. The van der Waals surface area contributed by atoms with Gasteiger partial charge in [0.1, 0.15) is 5.75 Å². The van der Waals surface area contributed by atoms with Gasteiger partial charge in [0.15, 0.2) is 12.4 Å². The van der Waals surface area contributed by atoms with Crippen LogP contribution >= 0.6 is 0 Å². The van der Waals surface area contributed by atoms with Gasteiger partial charge in [-0.25, -0.2) is 4.79 Å². The Hall–Kier alpha value is -3.93. The Kier molecular flexibility index (Phi) is 6.60. The van der Waals surface area contributed by atoms with Crippen LogP contribution in [0.4, 0.5) is 5.69 Å². The van der Waals surface area contributed by atoms with Crippen molar-refractivity contribution in [3.63, 3.8) is 0 Å². The second-order valence-electron chi connectivity index (χ2n) is 6.60. The van der Waals surface area contributed by atoms with Gasteiger partial charge in [0.25, 0.3) is 5.91 Å². The standard InChI is InChI=1S/C24H21NO5/c1-16(26)18-4-3-5-21(13-18)25-23(27)15-30-24(28)11-7-17-6-8-20-14-22(29-2)10-9-19(20)12-17/h3-14H,15H2,1-2H3,(H,25,27)/b11-7+. The van der Waals surface area contributed by atoms with Crippen LogP contribution in [0.2, 0.25) is 0 Å². The predicted octanol–water partition coefficient (Wildman–Crippen LogP) is 4.25. The summed E-state index contributed by atoms with van der Waals surface area (Å²) in [6.45, 7) is 1.02. The van der Waals surface area contributed by atoms with E-state index in [-0.39, 0.29) is 5.78 Å². The number of nitrogens with one attached hydrogen (secondary N) is 1. The van der Waals surface area contributed by atoms with Crippen molar-refractivity contribution in [1.82, 2.24) is 0 Å². The average molecular weight is 403 g/mol. The number of carbonyl (C=O) groups is 3. The summed E-state index contributed by atoms with van der Waals surface area (Å²) < 4.78 is 10.2. The molecule has 0 atom stereocenters. The molecule has 0 unspecified atom stereocenters. The Morgan fingerprint density at radius 2 is 1.73 bits per heavy atom. The topological polar surface area (TPSA) is 81.7 Å². The van der Waals surface area contributed by atoms with Crippen LogP contribution in [0.3, 0.4) is 0 Å². The van der Waals surface area contributed by atoms with Crippen LogP contribution in [0.5, 0.6) is 5.75 Å². The molecule has 0 aliphatic rings. The molecule has 0 aliphatic heterocycles. The molecule has 0 radical (unpaired) electrons. The van der Waals surface area contributed by atoms with E-state index in [1.54, 1.807) is 37.5 Å². The van der Waals surface area contributed by atoms with Crippen LogP contribution < -0.4 is 10.1 Å². The fourth-order valence-electron chi connectivity index (χ4n) is 2.84. The number of methoxy groups -OCH3 is 1. The van der Waals surface area contributed by atoms with Crippen molar-refractivity contribution in [2.75, 3.05) is 19.0 Å². The molecule has 3 aromatic carbocycles. The SMILES string of the molecule is COc1ccc2cc(/C=C/C(=O)OCC(=O)Nc3cccc(C(C)=O)c3)ccc2c1. The van der Waals surface area contributed by atoms with E-state index in [4.69, 9.17) is 9.47 Å². The highest BCUT2D eigenvalue weighted by Gasteiger charge is 2.07. The fourth-order valence-corrected chi connectivity index (χ4v) is 2.84. The Balaban J connectivity index is 1.54. The summed E-state index contributed by atoms with van der Waals surface area (Å²) in [5, 5.41) is 4.63. The van der Waals surface area contributed by atoms with Gasteiger partial charge in [-0.05, 0) is 59.7 Å². The minimum atomic E-state index is -0.627. The van der Waals surface area contributed by atoms with Crippen molar-refractivity contribution in [1.29, 1.82) is 0 Å². The molecule has 1 amide bonds. The number of fused-ring (bicyclic) bond motifs is 1. The molecule has 1 N–H and O–H groups in total. The first-order valence-corrected chi connectivity index (χ1v) is 9.28. The molecule has 6 heteroatoms. The number of esters is 1. The summed E-state index contributed by atoms with van der Waals surface area (Å²) in [5.41, 5.74) is 1.78. The second kappa shape index (κ2) is 9.52.